The van der Waals surface area contributed by atoms with Crippen molar-refractivity contribution in [3.63, 3.8) is 0 Å². The van der Waals surface area contributed by atoms with Crippen molar-refractivity contribution in [2.45, 2.75) is 18.9 Å². The second kappa shape index (κ2) is 5.39. The Labute approximate surface area is 107 Å². The molecule has 1 aromatic carbocycles. The SMILES string of the molecule is CN1CCCC(Nc2ccc(Cl)c(C#N)c2)C1. The van der Waals surface area contributed by atoms with Crippen LogP contribution in [0.2, 0.25) is 5.02 Å². The van der Waals surface area contributed by atoms with Crippen LogP contribution in [0.4, 0.5) is 5.69 Å². The summed E-state index contributed by atoms with van der Waals surface area (Å²) in [4.78, 5) is 2.32. The number of nitrogens with zero attached hydrogens (tertiary/aromatic N) is 2. The molecule has 1 N–H and O–H groups in total. The van der Waals surface area contributed by atoms with E-state index in [2.05, 4.69) is 23.3 Å². The number of likely N-dealkylation sites (tertiary alicyclic amines) is 1. The van der Waals surface area contributed by atoms with Gasteiger partial charge in [-0.15, -0.1) is 0 Å². The summed E-state index contributed by atoms with van der Waals surface area (Å²) in [5.74, 6) is 0. The van der Waals surface area contributed by atoms with Gasteiger partial charge in [0.15, 0.2) is 0 Å². The number of halogens is 1. The molecule has 0 saturated carbocycles. The Morgan fingerprint density at radius 1 is 1.53 bits per heavy atom. The highest BCUT2D eigenvalue weighted by atomic mass is 35.5. The summed E-state index contributed by atoms with van der Waals surface area (Å²) < 4.78 is 0. The number of likely N-dealkylation sites (N-methyl/N-ethyl adjacent to an activating group) is 1. The van der Waals surface area contributed by atoms with Crippen LogP contribution in [0.25, 0.3) is 0 Å². The van der Waals surface area contributed by atoms with Gasteiger partial charge >= 0.3 is 0 Å². The first kappa shape index (κ1) is 12.2. The standard InChI is InChI=1S/C13H16ClN3/c1-17-6-2-3-12(9-17)16-11-4-5-13(14)10(7-11)8-15/h4-5,7,12,16H,2-3,6,9H2,1H3. The average Bonchev–Trinajstić information content (AvgIpc) is 2.32. The maximum atomic E-state index is 8.92. The van der Waals surface area contributed by atoms with Crippen LogP contribution in [0, 0.1) is 11.3 Å². The highest BCUT2D eigenvalue weighted by Gasteiger charge is 2.16. The first-order chi connectivity index (χ1) is 8.19. The molecule has 4 heteroatoms. The van der Waals surface area contributed by atoms with Gasteiger partial charge < -0.3 is 10.2 Å². The molecule has 0 aliphatic carbocycles. The van der Waals surface area contributed by atoms with E-state index in [0.717, 1.165) is 12.2 Å². The Morgan fingerprint density at radius 2 is 2.35 bits per heavy atom. The molecule has 0 aromatic heterocycles. The highest BCUT2D eigenvalue weighted by Crippen LogP contribution is 2.21. The van der Waals surface area contributed by atoms with Crippen molar-refractivity contribution in [1.29, 1.82) is 5.26 Å². The van der Waals surface area contributed by atoms with Crippen LogP contribution < -0.4 is 5.32 Å². The molecule has 2 rings (SSSR count). The fraction of sp³-hybridized carbons (Fsp3) is 0.462. The molecular formula is C13H16ClN3. The summed E-state index contributed by atoms with van der Waals surface area (Å²) in [5, 5.41) is 12.9. The van der Waals surface area contributed by atoms with Crippen LogP contribution >= 0.6 is 11.6 Å². The lowest BCUT2D eigenvalue weighted by atomic mass is 10.1. The molecular weight excluding hydrogens is 234 g/mol. The van der Waals surface area contributed by atoms with Gasteiger partial charge in [0.2, 0.25) is 0 Å². The van der Waals surface area contributed by atoms with Gasteiger partial charge in [0.25, 0.3) is 0 Å². The molecule has 1 atom stereocenters. The first-order valence-electron chi connectivity index (χ1n) is 5.84. The predicted octanol–water partition coefficient (Wildman–Crippen LogP) is 2.72. The molecule has 0 spiro atoms. The van der Waals surface area contributed by atoms with Gasteiger partial charge in [-0.1, -0.05) is 11.6 Å². The summed E-state index contributed by atoms with van der Waals surface area (Å²) in [6, 6.07) is 8.08. The third-order valence-electron chi connectivity index (χ3n) is 3.08. The molecule has 3 nitrogen and oxygen atoms in total. The van der Waals surface area contributed by atoms with E-state index in [1.54, 1.807) is 6.07 Å². The lowest BCUT2D eigenvalue weighted by Crippen LogP contribution is -2.39. The molecule has 90 valence electrons. The van der Waals surface area contributed by atoms with Crippen LogP contribution in [-0.2, 0) is 0 Å². The van der Waals surface area contributed by atoms with Crippen LogP contribution in [0.5, 0.6) is 0 Å². The number of anilines is 1. The summed E-state index contributed by atoms with van der Waals surface area (Å²) in [5.41, 5.74) is 1.51. The van der Waals surface area contributed by atoms with Crippen molar-refractivity contribution < 1.29 is 0 Å². The second-order valence-corrected chi connectivity index (χ2v) is 4.96. The highest BCUT2D eigenvalue weighted by molar-refractivity contribution is 6.31. The van der Waals surface area contributed by atoms with Gasteiger partial charge in [-0.2, -0.15) is 5.26 Å². The zero-order valence-corrected chi connectivity index (χ0v) is 10.7. The molecule has 1 aromatic rings. The van der Waals surface area contributed by atoms with Crippen LogP contribution in [0.15, 0.2) is 18.2 Å². The van der Waals surface area contributed by atoms with E-state index >= 15 is 0 Å². The van der Waals surface area contributed by atoms with E-state index in [4.69, 9.17) is 16.9 Å². The van der Waals surface area contributed by atoms with Gasteiger partial charge in [-0.05, 0) is 44.6 Å². The molecule has 0 bridgehead atoms. The van der Waals surface area contributed by atoms with Gasteiger partial charge in [0.05, 0.1) is 10.6 Å². The smallest absolute Gasteiger partial charge is 0.101 e. The lowest BCUT2D eigenvalue weighted by Gasteiger charge is -2.30. The number of hydrogen-bond acceptors (Lipinski definition) is 3. The number of nitriles is 1. The monoisotopic (exact) mass is 249 g/mol. The minimum absolute atomic E-state index is 0.460. The van der Waals surface area contributed by atoms with Crippen molar-refractivity contribution in [2.24, 2.45) is 0 Å². The van der Waals surface area contributed by atoms with Crippen molar-refractivity contribution >= 4 is 17.3 Å². The number of hydrogen-bond donors (Lipinski definition) is 1. The fourth-order valence-corrected chi connectivity index (χ4v) is 2.38. The van der Waals surface area contributed by atoms with Gasteiger partial charge in [-0.3, -0.25) is 0 Å². The molecule has 17 heavy (non-hydrogen) atoms. The largest absolute Gasteiger partial charge is 0.381 e. The van der Waals surface area contributed by atoms with E-state index in [9.17, 15) is 0 Å². The van der Waals surface area contributed by atoms with Gasteiger partial charge in [-0.25, -0.2) is 0 Å². The molecule has 1 aliphatic rings. The second-order valence-electron chi connectivity index (χ2n) is 4.55. The quantitative estimate of drug-likeness (QED) is 0.876. The third-order valence-corrected chi connectivity index (χ3v) is 3.41. The van der Waals surface area contributed by atoms with Crippen molar-refractivity contribution in [1.82, 2.24) is 4.90 Å². The van der Waals surface area contributed by atoms with Crippen LogP contribution in [0.1, 0.15) is 18.4 Å². The zero-order chi connectivity index (χ0) is 12.3. The van der Waals surface area contributed by atoms with E-state index in [1.807, 2.05) is 12.1 Å². The molecule has 0 radical (unpaired) electrons. The summed E-state index contributed by atoms with van der Waals surface area (Å²) >= 11 is 5.90. The summed E-state index contributed by atoms with van der Waals surface area (Å²) in [6.45, 7) is 2.22. The predicted molar refractivity (Wildman–Crippen MR) is 70.3 cm³/mol. The zero-order valence-electron chi connectivity index (χ0n) is 9.91. The average molecular weight is 250 g/mol. The van der Waals surface area contributed by atoms with E-state index in [-0.39, 0.29) is 0 Å². The van der Waals surface area contributed by atoms with E-state index in [1.165, 1.54) is 19.4 Å². The maximum absolute atomic E-state index is 8.92. The lowest BCUT2D eigenvalue weighted by molar-refractivity contribution is 0.261. The van der Waals surface area contributed by atoms with E-state index in [0.29, 0.717) is 16.6 Å². The Kier molecular flexibility index (Phi) is 3.88. The Bertz CT molecular complexity index is 439. The number of benzene rings is 1. The van der Waals surface area contributed by atoms with Gasteiger partial charge in [0, 0.05) is 18.3 Å². The Morgan fingerprint density at radius 3 is 3.06 bits per heavy atom. The maximum Gasteiger partial charge on any atom is 0.101 e. The van der Waals surface area contributed by atoms with Crippen molar-refractivity contribution in [2.75, 3.05) is 25.5 Å². The number of rotatable bonds is 2. The minimum Gasteiger partial charge on any atom is -0.381 e. The van der Waals surface area contributed by atoms with Crippen molar-refractivity contribution in [3.05, 3.63) is 28.8 Å². The molecule has 1 aliphatic heterocycles. The summed E-state index contributed by atoms with van der Waals surface area (Å²) in [7, 11) is 2.14. The minimum atomic E-state index is 0.460. The number of nitrogens with one attached hydrogen (secondary N) is 1. The van der Waals surface area contributed by atoms with Crippen molar-refractivity contribution in [3.8, 4) is 6.07 Å². The Hall–Kier alpha value is -1.24. The van der Waals surface area contributed by atoms with Crippen LogP contribution in [-0.4, -0.2) is 31.1 Å². The normalized spacial score (nSPS) is 20.9. The molecule has 1 heterocycles. The first-order valence-corrected chi connectivity index (χ1v) is 6.21. The molecule has 0 amide bonds. The topological polar surface area (TPSA) is 39.1 Å². The Balaban J connectivity index is 2.06. The summed E-state index contributed by atoms with van der Waals surface area (Å²) in [6.07, 6.45) is 2.39. The molecule has 1 fully saturated rings. The fourth-order valence-electron chi connectivity index (χ4n) is 2.22. The number of piperidine rings is 1. The molecule has 1 unspecified atom stereocenters. The van der Waals surface area contributed by atoms with Crippen LogP contribution in [0.3, 0.4) is 0 Å². The third kappa shape index (κ3) is 3.12. The van der Waals surface area contributed by atoms with E-state index < -0.39 is 0 Å². The van der Waals surface area contributed by atoms with Gasteiger partial charge in [0.1, 0.15) is 6.07 Å². The molecule has 1 saturated heterocycles.